The second-order valence-electron chi connectivity index (χ2n) is 4.12. The smallest absolute Gasteiger partial charge is 0.184 e. The highest BCUT2D eigenvalue weighted by Crippen LogP contribution is 2.28. The number of rotatable bonds is 1. The van der Waals surface area contributed by atoms with E-state index >= 15 is 0 Å². The molecular formula is C13H6ClF3N2S. The molecule has 0 spiro atoms. The second kappa shape index (κ2) is 4.64. The molecule has 0 amide bonds. The van der Waals surface area contributed by atoms with E-state index in [1.54, 1.807) is 0 Å². The molecule has 1 N–H and O–H groups in total. The van der Waals surface area contributed by atoms with Crippen molar-refractivity contribution in [1.82, 2.24) is 9.55 Å². The number of halogens is 4. The van der Waals surface area contributed by atoms with Gasteiger partial charge in [0.05, 0.1) is 16.2 Å². The number of benzene rings is 2. The van der Waals surface area contributed by atoms with Crippen LogP contribution in [0.2, 0.25) is 5.02 Å². The summed E-state index contributed by atoms with van der Waals surface area (Å²) in [7, 11) is 0. The van der Waals surface area contributed by atoms with Gasteiger partial charge >= 0.3 is 0 Å². The molecule has 0 fully saturated rings. The number of nitrogens with zero attached hydrogens (tertiary/aromatic N) is 1. The first-order valence-electron chi connectivity index (χ1n) is 5.53. The fraction of sp³-hybridized carbons (Fsp3) is 0. The maximum Gasteiger partial charge on any atom is 0.184 e. The summed E-state index contributed by atoms with van der Waals surface area (Å²) < 4.78 is 41.8. The van der Waals surface area contributed by atoms with E-state index in [0.29, 0.717) is 5.52 Å². The molecule has 0 unspecified atom stereocenters. The lowest BCUT2D eigenvalue weighted by Crippen LogP contribution is -1.98. The van der Waals surface area contributed by atoms with Gasteiger partial charge in [-0.15, -0.1) is 0 Å². The summed E-state index contributed by atoms with van der Waals surface area (Å²) in [4.78, 5) is 2.75. The third-order valence-electron chi connectivity index (χ3n) is 2.89. The number of fused-ring (bicyclic) bond motifs is 1. The zero-order valence-electron chi connectivity index (χ0n) is 9.75. The van der Waals surface area contributed by atoms with Crippen LogP contribution in [0.5, 0.6) is 0 Å². The molecule has 2 nitrogen and oxygen atoms in total. The third-order valence-corrected chi connectivity index (χ3v) is 3.48. The van der Waals surface area contributed by atoms with E-state index in [-0.39, 0.29) is 21.0 Å². The highest BCUT2D eigenvalue weighted by Gasteiger charge is 2.16. The van der Waals surface area contributed by atoms with Crippen LogP contribution in [-0.4, -0.2) is 9.55 Å². The Labute approximate surface area is 121 Å². The van der Waals surface area contributed by atoms with Crippen LogP contribution in [0.3, 0.4) is 0 Å². The summed E-state index contributed by atoms with van der Waals surface area (Å²) in [6, 6.07) is 5.97. The van der Waals surface area contributed by atoms with Gasteiger partial charge < -0.3 is 4.98 Å². The van der Waals surface area contributed by atoms with Crippen LogP contribution < -0.4 is 0 Å². The van der Waals surface area contributed by atoms with Gasteiger partial charge in [0.1, 0.15) is 11.3 Å². The van der Waals surface area contributed by atoms with E-state index < -0.39 is 17.5 Å². The zero-order valence-corrected chi connectivity index (χ0v) is 11.3. The number of imidazole rings is 1. The molecule has 0 aliphatic rings. The molecule has 20 heavy (non-hydrogen) atoms. The van der Waals surface area contributed by atoms with Crippen molar-refractivity contribution in [2.75, 3.05) is 0 Å². The van der Waals surface area contributed by atoms with Crippen molar-refractivity contribution in [1.29, 1.82) is 0 Å². The number of hydrogen-bond acceptors (Lipinski definition) is 1. The first kappa shape index (κ1) is 13.2. The monoisotopic (exact) mass is 314 g/mol. The third kappa shape index (κ3) is 1.92. The molecule has 3 aromatic rings. The van der Waals surface area contributed by atoms with Crippen LogP contribution in [0.1, 0.15) is 0 Å². The summed E-state index contributed by atoms with van der Waals surface area (Å²) >= 11 is 11.0. The van der Waals surface area contributed by atoms with Gasteiger partial charge in [0.2, 0.25) is 0 Å². The van der Waals surface area contributed by atoms with Gasteiger partial charge in [-0.1, -0.05) is 11.6 Å². The lowest BCUT2D eigenvalue weighted by atomic mass is 10.2. The standard InChI is InChI=1S/C13H6ClF3N2S/c14-7-5-6(15)1-4-10(7)19-12-9(18-13(19)20)3-2-8(16)11(12)17/h1-5H,(H,18,20). The van der Waals surface area contributed by atoms with Gasteiger partial charge in [-0.05, 0) is 42.5 Å². The van der Waals surface area contributed by atoms with E-state index in [1.165, 1.54) is 22.8 Å². The first-order valence-corrected chi connectivity index (χ1v) is 6.32. The number of aromatic nitrogens is 2. The van der Waals surface area contributed by atoms with Crippen LogP contribution in [0.15, 0.2) is 30.3 Å². The molecule has 1 heterocycles. The Kier molecular flexibility index (Phi) is 3.07. The summed E-state index contributed by atoms with van der Waals surface area (Å²) in [5.41, 5.74) is 0.534. The lowest BCUT2D eigenvalue weighted by molar-refractivity contribution is 0.514. The zero-order chi connectivity index (χ0) is 14.4. The maximum absolute atomic E-state index is 14.0. The van der Waals surface area contributed by atoms with Crippen molar-refractivity contribution in [3.8, 4) is 5.69 Å². The molecule has 3 rings (SSSR count). The molecule has 2 aromatic carbocycles. The molecule has 7 heteroatoms. The van der Waals surface area contributed by atoms with Crippen molar-refractivity contribution >= 4 is 34.9 Å². The average molecular weight is 315 g/mol. The molecule has 0 saturated heterocycles. The highest BCUT2D eigenvalue weighted by molar-refractivity contribution is 7.71. The van der Waals surface area contributed by atoms with Gasteiger partial charge in [-0.2, -0.15) is 0 Å². The average Bonchev–Trinajstić information content (AvgIpc) is 2.72. The van der Waals surface area contributed by atoms with Crippen LogP contribution >= 0.6 is 23.8 Å². The molecule has 0 saturated carbocycles. The van der Waals surface area contributed by atoms with Gasteiger partial charge in [0.15, 0.2) is 16.4 Å². The largest absolute Gasteiger partial charge is 0.330 e. The summed E-state index contributed by atoms with van der Waals surface area (Å²) in [6.07, 6.45) is 0. The quantitative estimate of drug-likeness (QED) is 0.642. The predicted octanol–water partition coefficient (Wildman–Crippen LogP) is 4.76. The summed E-state index contributed by atoms with van der Waals surface area (Å²) in [5, 5.41) is 0.0469. The molecular weight excluding hydrogens is 309 g/mol. The van der Waals surface area contributed by atoms with Crippen molar-refractivity contribution in [2.24, 2.45) is 0 Å². The molecule has 1 aromatic heterocycles. The van der Waals surface area contributed by atoms with E-state index in [1.807, 2.05) is 0 Å². The Bertz CT molecular complexity index is 885. The molecule has 0 aliphatic carbocycles. The molecule has 0 radical (unpaired) electrons. The van der Waals surface area contributed by atoms with Crippen LogP contribution in [0, 0.1) is 22.2 Å². The number of nitrogens with one attached hydrogen (secondary N) is 1. The highest BCUT2D eigenvalue weighted by atomic mass is 35.5. The van der Waals surface area contributed by atoms with E-state index in [2.05, 4.69) is 4.98 Å². The van der Waals surface area contributed by atoms with Crippen molar-refractivity contribution in [3.63, 3.8) is 0 Å². The fourth-order valence-corrected chi connectivity index (χ4v) is 2.58. The first-order chi connectivity index (χ1) is 9.49. The lowest BCUT2D eigenvalue weighted by Gasteiger charge is -2.07. The van der Waals surface area contributed by atoms with Crippen molar-refractivity contribution in [2.45, 2.75) is 0 Å². The minimum absolute atomic E-state index is 0.0469. The molecule has 0 atom stereocenters. The van der Waals surface area contributed by atoms with Gasteiger partial charge in [0, 0.05) is 0 Å². The summed E-state index contributed by atoms with van der Waals surface area (Å²) in [5.74, 6) is -2.58. The van der Waals surface area contributed by atoms with Gasteiger partial charge in [0.25, 0.3) is 0 Å². The fourth-order valence-electron chi connectivity index (χ4n) is 2.02. The van der Waals surface area contributed by atoms with E-state index in [0.717, 1.165) is 12.1 Å². The molecule has 0 aliphatic heterocycles. The Hall–Kier alpha value is -1.79. The Morgan fingerprint density at radius 2 is 1.85 bits per heavy atom. The predicted molar refractivity (Wildman–Crippen MR) is 73.3 cm³/mol. The van der Waals surface area contributed by atoms with Gasteiger partial charge in [-0.3, -0.25) is 4.57 Å². The minimum Gasteiger partial charge on any atom is -0.330 e. The van der Waals surface area contributed by atoms with E-state index in [9.17, 15) is 13.2 Å². The second-order valence-corrected chi connectivity index (χ2v) is 4.91. The SMILES string of the molecule is Fc1ccc(-n2c(=S)[nH]c3ccc(F)c(F)c32)c(Cl)c1. The Morgan fingerprint density at radius 1 is 1.10 bits per heavy atom. The number of hydrogen-bond donors (Lipinski definition) is 1. The van der Waals surface area contributed by atoms with Crippen LogP contribution in [0.4, 0.5) is 13.2 Å². The summed E-state index contributed by atoms with van der Waals surface area (Å²) in [6.45, 7) is 0. The number of H-pyrrole nitrogens is 1. The topological polar surface area (TPSA) is 20.7 Å². The molecule has 102 valence electrons. The van der Waals surface area contributed by atoms with Crippen LogP contribution in [-0.2, 0) is 0 Å². The normalized spacial score (nSPS) is 11.2. The van der Waals surface area contributed by atoms with Crippen molar-refractivity contribution in [3.05, 3.63) is 57.6 Å². The Balaban J connectivity index is 2.44. The van der Waals surface area contributed by atoms with E-state index in [4.69, 9.17) is 23.8 Å². The van der Waals surface area contributed by atoms with Crippen LogP contribution in [0.25, 0.3) is 16.7 Å². The van der Waals surface area contributed by atoms with Gasteiger partial charge in [-0.25, -0.2) is 13.2 Å². The maximum atomic E-state index is 14.0. The van der Waals surface area contributed by atoms with Crippen molar-refractivity contribution < 1.29 is 13.2 Å². The Morgan fingerprint density at radius 3 is 2.55 bits per heavy atom. The number of aromatic amines is 1. The molecule has 0 bridgehead atoms. The minimum atomic E-state index is -1.05.